The zero-order chi connectivity index (χ0) is 12.1. The van der Waals surface area contributed by atoms with E-state index >= 15 is 0 Å². The topological polar surface area (TPSA) is 0 Å². The first-order valence-corrected chi connectivity index (χ1v) is 7.85. The quantitative estimate of drug-likeness (QED) is 0.423. The lowest BCUT2D eigenvalue weighted by atomic mass is 9.82. The molecule has 1 rings (SSSR count). The van der Waals surface area contributed by atoms with Crippen LogP contribution >= 0.6 is 0 Å². The third-order valence-electron chi connectivity index (χ3n) is 3.65. The summed E-state index contributed by atoms with van der Waals surface area (Å²) in [4.78, 5) is 0. The van der Waals surface area contributed by atoms with E-state index in [1.165, 1.54) is 77.0 Å². The number of unbranched alkanes of at least 4 members (excludes halogenated alkanes) is 6. The molecule has 0 bridgehead atoms. The second kappa shape index (κ2) is 13.1. The third-order valence-corrected chi connectivity index (χ3v) is 3.65. The van der Waals surface area contributed by atoms with Gasteiger partial charge in [0.05, 0.1) is 0 Å². The molecule has 1 aliphatic carbocycles. The van der Waals surface area contributed by atoms with Crippen molar-refractivity contribution in [3.63, 3.8) is 0 Å². The summed E-state index contributed by atoms with van der Waals surface area (Å²) in [6.07, 6.45) is 17.4. The highest BCUT2D eigenvalue weighted by Gasteiger charge is 2.15. The van der Waals surface area contributed by atoms with E-state index in [1.807, 2.05) is 0 Å². The van der Waals surface area contributed by atoms with Gasteiger partial charge in [0.15, 0.2) is 0 Å². The molecule has 0 heterocycles. The van der Waals surface area contributed by atoms with Crippen molar-refractivity contribution >= 4 is 0 Å². The molecule has 0 nitrogen and oxygen atoms in total. The van der Waals surface area contributed by atoms with E-state index in [0.29, 0.717) is 0 Å². The fourth-order valence-electron chi connectivity index (χ4n) is 2.13. The van der Waals surface area contributed by atoms with Gasteiger partial charge in [-0.15, -0.1) is 0 Å². The van der Waals surface area contributed by atoms with Crippen molar-refractivity contribution < 1.29 is 0 Å². The minimum absolute atomic E-state index is 1.13. The van der Waals surface area contributed by atoms with Crippen molar-refractivity contribution in [3.05, 3.63) is 0 Å². The average molecular weight is 226 g/mol. The number of hydrogen-bond donors (Lipinski definition) is 0. The van der Waals surface area contributed by atoms with Gasteiger partial charge in [-0.05, 0) is 5.92 Å². The molecule has 1 fully saturated rings. The Balaban J connectivity index is 0.000000281. The van der Waals surface area contributed by atoms with Crippen molar-refractivity contribution in [3.8, 4) is 0 Å². The van der Waals surface area contributed by atoms with Gasteiger partial charge in [-0.1, -0.05) is 97.8 Å². The Bertz CT molecular complexity index is 107. The lowest BCUT2D eigenvalue weighted by molar-refractivity contribution is 0.289. The van der Waals surface area contributed by atoms with Crippen molar-refractivity contribution in [2.24, 2.45) is 5.92 Å². The zero-order valence-electron chi connectivity index (χ0n) is 12.1. The van der Waals surface area contributed by atoms with Crippen LogP contribution in [0.25, 0.3) is 0 Å². The summed E-state index contributed by atoms with van der Waals surface area (Å²) in [5.41, 5.74) is 0. The molecule has 1 saturated carbocycles. The molecule has 0 saturated heterocycles. The molecule has 0 aliphatic heterocycles. The molecule has 0 aromatic carbocycles. The van der Waals surface area contributed by atoms with E-state index in [4.69, 9.17) is 0 Å². The fraction of sp³-hybridized carbons (Fsp3) is 1.00. The predicted octanol–water partition coefficient (Wildman–Crippen LogP) is 6.34. The first-order chi connectivity index (χ1) is 7.85. The molecule has 0 amide bonds. The monoisotopic (exact) mass is 226 g/mol. The molecular weight excluding hydrogens is 192 g/mol. The SMILES string of the molecule is CCCCC1CCC1.CCCCCCCC. The van der Waals surface area contributed by atoms with Crippen LogP contribution in [-0.2, 0) is 0 Å². The van der Waals surface area contributed by atoms with E-state index in [2.05, 4.69) is 20.8 Å². The van der Waals surface area contributed by atoms with Crippen LogP contribution in [0, 0.1) is 5.92 Å². The van der Waals surface area contributed by atoms with E-state index < -0.39 is 0 Å². The van der Waals surface area contributed by atoms with Gasteiger partial charge in [0.2, 0.25) is 0 Å². The summed E-state index contributed by atoms with van der Waals surface area (Å²) < 4.78 is 0. The number of hydrogen-bond acceptors (Lipinski definition) is 0. The van der Waals surface area contributed by atoms with Crippen LogP contribution in [0.15, 0.2) is 0 Å². The van der Waals surface area contributed by atoms with Crippen LogP contribution in [0.4, 0.5) is 0 Å². The second-order valence-electron chi connectivity index (χ2n) is 5.35. The summed E-state index contributed by atoms with van der Waals surface area (Å²) >= 11 is 0. The van der Waals surface area contributed by atoms with Gasteiger partial charge in [0.25, 0.3) is 0 Å². The maximum absolute atomic E-state index is 2.28. The third kappa shape index (κ3) is 10.5. The van der Waals surface area contributed by atoms with Crippen LogP contribution in [-0.4, -0.2) is 0 Å². The van der Waals surface area contributed by atoms with Gasteiger partial charge >= 0.3 is 0 Å². The van der Waals surface area contributed by atoms with Gasteiger partial charge in [0.1, 0.15) is 0 Å². The van der Waals surface area contributed by atoms with Crippen molar-refractivity contribution in [1.29, 1.82) is 0 Å². The zero-order valence-corrected chi connectivity index (χ0v) is 12.1. The molecule has 98 valence electrons. The summed E-state index contributed by atoms with van der Waals surface area (Å²) in [7, 11) is 0. The Labute approximate surface area is 104 Å². The van der Waals surface area contributed by atoms with Crippen molar-refractivity contribution in [2.45, 2.75) is 97.8 Å². The lowest BCUT2D eigenvalue weighted by Gasteiger charge is -2.24. The summed E-state index contributed by atoms with van der Waals surface area (Å²) in [5, 5.41) is 0. The summed E-state index contributed by atoms with van der Waals surface area (Å²) in [6, 6.07) is 0. The molecule has 0 aromatic heterocycles. The Morgan fingerprint density at radius 1 is 0.688 bits per heavy atom. The largest absolute Gasteiger partial charge is 0.0654 e. The van der Waals surface area contributed by atoms with Crippen LogP contribution in [0.1, 0.15) is 97.8 Å². The average Bonchev–Trinajstić information content (AvgIpc) is 2.24. The van der Waals surface area contributed by atoms with Gasteiger partial charge in [-0.2, -0.15) is 0 Å². The molecule has 16 heavy (non-hydrogen) atoms. The highest BCUT2D eigenvalue weighted by molar-refractivity contribution is 4.68. The summed E-state index contributed by atoms with van der Waals surface area (Å²) in [5.74, 6) is 1.13. The molecule has 0 heteroatoms. The van der Waals surface area contributed by atoms with Gasteiger partial charge in [0, 0.05) is 0 Å². The van der Waals surface area contributed by atoms with E-state index in [-0.39, 0.29) is 0 Å². The molecule has 0 N–H and O–H groups in total. The molecule has 0 aromatic rings. The maximum atomic E-state index is 2.28. The molecule has 0 atom stereocenters. The minimum atomic E-state index is 1.13. The normalized spacial score (nSPS) is 15.2. The molecule has 1 aliphatic rings. The Morgan fingerprint density at radius 3 is 1.50 bits per heavy atom. The smallest absolute Gasteiger partial charge is 0.0414 e. The lowest BCUT2D eigenvalue weighted by Crippen LogP contribution is -2.09. The van der Waals surface area contributed by atoms with Crippen LogP contribution in [0.3, 0.4) is 0 Å². The Hall–Kier alpha value is 0. The fourth-order valence-corrected chi connectivity index (χ4v) is 2.13. The first-order valence-electron chi connectivity index (χ1n) is 7.85. The first kappa shape index (κ1) is 16.0. The highest BCUT2D eigenvalue weighted by atomic mass is 14.2. The maximum Gasteiger partial charge on any atom is -0.0414 e. The standard InChI is InChI=1S/C8H16.C8H18/c1-2-3-5-8-6-4-7-8;1-3-5-7-8-6-4-2/h8H,2-7H2,1H3;3-8H2,1-2H3. The molecule has 0 spiro atoms. The molecule has 0 unspecified atom stereocenters. The van der Waals surface area contributed by atoms with E-state index in [9.17, 15) is 0 Å². The van der Waals surface area contributed by atoms with Gasteiger partial charge < -0.3 is 0 Å². The Kier molecular flexibility index (Phi) is 13.1. The van der Waals surface area contributed by atoms with Crippen LogP contribution in [0.5, 0.6) is 0 Å². The minimum Gasteiger partial charge on any atom is -0.0654 e. The van der Waals surface area contributed by atoms with E-state index in [0.717, 1.165) is 5.92 Å². The van der Waals surface area contributed by atoms with Crippen molar-refractivity contribution in [1.82, 2.24) is 0 Å². The van der Waals surface area contributed by atoms with E-state index in [1.54, 1.807) is 0 Å². The Morgan fingerprint density at radius 2 is 1.19 bits per heavy atom. The highest BCUT2D eigenvalue weighted by Crippen LogP contribution is 2.30. The van der Waals surface area contributed by atoms with Crippen LogP contribution in [0.2, 0.25) is 0 Å². The van der Waals surface area contributed by atoms with Gasteiger partial charge in [-0.3, -0.25) is 0 Å². The van der Waals surface area contributed by atoms with Crippen LogP contribution < -0.4 is 0 Å². The van der Waals surface area contributed by atoms with Crippen molar-refractivity contribution in [2.75, 3.05) is 0 Å². The molecule has 0 radical (unpaired) electrons. The second-order valence-corrected chi connectivity index (χ2v) is 5.35. The predicted molar refractivity (Wildman–Crippen MR) is 75.9 cm³/mol. The molecular formula is C16H34. The summed E-state index contributed by atoms with van der Waals surface area (Å²) in [6.45, 7) is 6.79. The van der Waals surface area contributed by atoms with Gasteiger partial charge in [-0.25, -0.2) is 0 Å². The number of rotatable bonds is 8.